The number of alkyl halides is 2. The van der Waals surface area contributed by atoms with E-state index in [1.54, 1.807) is 6.92 Å². The molecule has 1 aromatic rings. The lowest BCUT2D eigenvalue weighted by molar-refractivity contribution is -0.261. The lowest BCUT2D eigenvalue weighted by Crippen LogP contribution is -2.51. The summed E-state index contributed by atoms with van der Waals surface area (Å²) in [5.41, 5.74) is -2.52. The van der Waals surface area contributed by atoms with Gasteiger partial charge in [0.05, 0.1) is 5.41 Å². The van der Waals surface area contributed by atoms with E-state index in [0.717, 1.165) is 18.2 Å². The summed E-state index contributed by atoms with van der Waals surface area (Å²) in [5, 5.41) is 0. The molecule has 1 nitrogen and oxygen atoms in total. The van der Waals surface area contributed by atoms with Crippen LogP contribution in [0.5, 0.6) is 5.75 Å². The van der Waals surface area contributed by atoms with Crippen molar-refractivity contribution in [1.82, 2.24) is 0 Å². The Bertz CT molecular complexity index is 672. The molecule has 0 aromatic heterocycles. The summed E-state index contributed by atoms with van der Waals surface area (Å²) in [6, 6.07) is 2.13. The second-order valence-electron chi connectivity index (χ2n) is 6.84. The quantitative estimate of drug-likeness (QED) is 0.647. The Balaban J connectivity index is 1.96. The highest BCUT2D eigenvalue weighted by atomic mass is 19.3. The molecule has 0 aliphatic heterocycles. The Morgan fingerprint density at radius 1 is 1.00 bits per heavy atom. The highest BCUT2D eigenvalue weighted by Gasteiger charge is 2.61. The van der Waals surface area contributed by atoms with Crippen LogP contribution in [-0.2, 0) is 0 Å². The number of aryl methyl sites for hydroxylation is 1. The minimum Gasteiger partial charge on any atom is -0.429 e. The highest BCUT2D eigenvalue weighted by Crippen LogP contribution is 2.61. The number of allylic oxidation sites excluding steroid dienone is 1. The van der Waals surface area contributed by atoms with Crippen LogP contribution in [0.25, 0.3) is 0 Å². The number of ether oxygens (including phenoxy) is 1. The molecule has 23 heavy (non-hydrogen) atoms. The van der Waals surface area contributed by atoms with Crippen LogP contribution in [0.2, 0.25) is 0 Å². The van der Waals surface area contributed by atoms with Gasteiger partial charge in [-0.25, -0.2) is 8.78 Å². The predicted molar refractivity (Wildman–Crippen MR) is 74.9 cm³/mol. The minimum absolute atomic E-state index is 0.00614. The first-order chi connectivity index (χ1) is 10.6. The van der Waals surface area contributed by atoms with Gasteiger partial charge in [-0.2, -0.15) is 13.2 Å². The summed E-state index contributed by atoms with van der Waals surface area (Å²) < 4.78 is 75.3. The molecule has 0 N–H and O–H groups in total. The SMILES string of the molecule is Cc1ccc(OC(F)(F)C23C=C(F)C(C)(CC2)CC3)c(F)c1F. The zero-order valence-electron chi connectivity index (χ0n) is 12.9. The summed E-state index contributed by atoms with van der Waals surface area (Å²) in [5.74, 6) is -4.12. The van der Waals surface area contributed by atoms with Crippen molar-refractivity contribution in [1.29, 1.82) is 0 Å². The van der Waals surface area contributed by atoms with Gasteiger partial charge in [0.25, 0.3) is 0 Å². The smallest absolute Gasteiger partial charge is 0.407 e. The van der Waals surface area contributed by atoms with E-state index < -0.39 is 40.1 Å². The van der Waals surface area contributed by atoms with E-state index >= 15 is 0 Å². The number of halogens is 5. The first kappa shape index (κ1) is 16.3. The van der Waals surface area contributed by atoms with Crippen molar-refractivity contribution in [3.63, 3.8) is 0 Å². The monoisotopic (exact) mass is 332 g/mol. The summed E-state index contributed by atoms with van der Waals surface area (Å²) >= 11 is 0. The third kappa shape index (κ3) is 2.34. The molecule has 0 unspecified atom stereocenters. The van der Waals surface area contributed by atoms with Crippen LogP contribution in [0, 0.1) is 29.4 Å². The van der Waals surface area contributed by atoms with Gasteiger partial charge in [-0.15, -0.1) is 0 Å². The van der Waals surface area contributed by atoms with Crippen LogP contribution in [-0.4, -0.2) is 6.11 Å². The fourth-order valence-electron chi connectivity index (χ4n) is 3.37. The number of hydrogen-bond donors (Lipinski definition) is 0. The van der Waals surface area contributed by atoms with E-state index in [0.29, 0.717) is 0 Å². The van der Waals surface area contributed by atoms with Gasteiger partial charge < -0.3 is 4.74 Å². The predicted octanol–water partition coefficient (Wildman–Crippen LogP) is 5.68. The topological polar surface area (TPSA) is 9.23 Å². The van der Waals surface area contributed by atoms with Gasteiger partial charge in [-0.3, -0.25) is 0 Å². The second-order valence-corrected chi connectivity index (χ2v) is 6.84. The highest BCUT2D eigenvalue weighted by molar-refractivity contribution is 5.31. The molecule has 0 amide bonds. The summed E-state index contributed by atoms with van der Waals surface area (Å²) in [7, 11) is 0. The van der Waals surface area contributed by atoms with Gasteiger partial charge in [0, 0.05) is 5.41 Å². The molecule has 1 saturated carbocycles. The minimum atomic E-state index is -3.82. The second kappa shape index (κ2) is 4.95. The molecular formula is C17H17F5O. The molecule has 2 bridgehead atoms. The Morgan fingerprint density at radius 2 is 1.61 bits per heavy atom. The first-order valence-corrected chi connectivity index (χ1v) is 7.51. The summed E-state index contributed by atoms with van der Waals surface area (Å²) in [4.78, 5) is 0. The van der Waals surface area contributed by atoms with Crippen LogP contribution < -0.4 is 4.74 Å². The average Bonchev–Trinajstić information content (AvgIpc) is 2.49. The van der Waals surface area contributed by atoms with Crippen molar-refractivity contribution < 1.29 is 26.7 Å². The van der Waals surface area contributed by atoms with Crippen LogP contribution in [0.3, 0.4) is 0 Å². The van der Waals surface area contributed by atoms with Crippen LogP contribution in [0.4, 0.5) is 22.0 Å². The lowest BCUT2D eigenvalue weighted by Gasteiger charge is -2.50. The Morgan fingerprint density at radius 3 is 2.17 bits per heavy atom. The van der Waals surface area contributed by atoms with Crippen LogP contribution >= 0.6 is 0 Å². The van der Waals surface area contributed by atoms with E-state index in [9.17, 15) is 22.0 Å². The van der Waals surface area contributed by atoms with E-state index in [2.05, 4.69) is 4.74 Å². The van der Waals surface area contributed by atoms with E-state index in [-0.39, 0.29) is 31.2 Å². The Kier molecular flexibility index (Phi) is 3.50. The zero-order chi connectivity index (χ0) is 17.0. The molecule has 6 heteroatoms. The molecule has 1 fully saturated rings. The molecule has 0 spiro atoms. The normalized spacial score (nSPS) is 30.3. The standard InChI is InChI=1S/C17H17F5O/c1-10-3-4-11(14(20)13(10)19)23-17(21,22)16-7-5-15(2,6-8-16)12(18)9-16/h3-4,9H,5-8H2,1-2H3. The van der Waals surface area contributed by atoms with E-state index in [1.165, 1.54) is 6.92 Å². The summed E-state index contributed by atoms with van der Waals surface area (Å²) in [6.45, 7) is 3.02. The maximum atomic E-state index is 14.7. The molecule has 0 atom stereocenters. The molecule has 4 rings (SSSR count). The fourth-order valence-corrected chi connectivity index (χ4v) is 3.37. The average molecular weight is 332 g/mol. The van der Waals surface area contributed by atoms with E-state index in [1.807, 2.05) is 0 Å². The molecule has 0 heterocycles. The van der Waals surface area contributed by atoms with Crippen LogP contribution in [0.1, 0.15) is 38.2 Å². The van der Waals surface area contributed by atoms with Crippen molar-refractivity contribution in [2.45, 2.75) is 45.6 Å². The zero-order valence-corrected chi connectivity index (χ0v) is 12.9. The number of hydrogen-bond acceptors (Lipinski definition) is 1. The van der Waals surface area contributed by atoms with Crippen molar-refractivity contribution >= 4 is 0 Å². The number of fused-ring (bicyclic) bond motifs is 2. The van der Waals surface area contributed by atoms with E-state index in [4.69, 9.17) is 0 Å². The third-order valence-corrected chi connectivity index (χ3v) is 5.28. The summed E-state index contributed by atoms with van der Waals surface area (Å²) in [6.07, 6.45) is -2.27. The Labute approximate surface area is 131 Å². The maximum absolute atomic E-state index is 14.7. The molecule has 3 aliphatic carbocycles. The number of benzene rings is 1. The molecule has 0 saturated heterocycles. The first-order valence-electron chi connectivity index (χ1n) is 7.51. The van der Waals surface area contributed by atoms with Gasteiger partial charge in [-0.05, 0) is 50.3 Å². The van der Waals surface area contributed by atoms with Gasteiger partial charge in [0.1, 0.15) is 5.83 Å². The Hall–Kier alpha value is -1.59. The molecular weight excluding hydrogens is 315 g/mol. The molecule has 1 aromatic carbocycles. The molecule has 0 radical (unpaired) electrons. The van der Waals surface area contributed by atoms with Gasteiger partial charge in [0.2, 0.25) is 5.82 Å². The fraction of sp³-hybridized carbons (Fsp3) is 0.529. The third-order valence-electron chi connectivity index (χ3n) is 5.28. The molecule has 126 valence electrons. The lowest BCUT2D eigenvalue weighted by atomic mass is 9.58. The largest absolute Gasteiger partial charge is 0.429 e. The van der Waals surface area contributed by atoms with Crippen LogP contribution in [0.15, 0.2) is 24.0 Å². The van der Waals surface area contributed by atoms with Crippen molar-refractivity contribution in [3.8, 4) is 5.75 Å². The van der Waals surface area contributed by atoms with Crippen molar-refractivity contribution in [3.05, 3.63) is 41.2 Å². The van der Waals surface area contributed by atoms with Crippen molar-refractivity contribution in [2.24, 2.45) is 10.8 Å². The van der Waals surface area contributed by atoms with Crippen molar-refractivity contribution in [2.75, 3.05) is 0 Å². The number of rotatable bonds is 3. The van der Waals surface area contributed by atoms with Gasteiger partial charge in [-0.1, -0.05) is 13.0 Å². The van der Waals surface area contributed by atoms with Gasteiger partial charge >= 0.3 is 6.11 Å². The maximum Gasteiger partial charge on any atom is 0.407 e. The molecule has 3 aliphatic rings. The van der Waals surface area contributed by atoms with Gasteiger partial charge in [0.15, 0.2) is 11.6 Å².